The Kier molecular flexibility index (Phi) is 4.76. The van der Waals surface area contributed by atoms with Crippen LogP contribution < -0.4 is 14.8 Å². The highest BCUT2D eigenvalue weighted by Gasteiger charge is 2.36. The molecule has 0 amide bonds. The number of nitrogens with zero attached hydrogens (tertiary/aromatic N) is 1. The molecule has 4 N–H and O–H groups in total. The molecule has 0 radical (unpaired) electrons. The van der Waals surface area contributed by atoms with Crippen molar-refractivity contribution in [3.05, 3.63) is 59.2 Å². The van der Waals surface area contributed by atoms with Gasteiger partial charge in [0.2, 0.25) is 0 Å². The zero-order valence-corrected chi connectivity index (χ0v) is 14.2. The standard InChI is InChI=1S/C17H19N3O4S/c18-9-14-4-2-1-3-13(14)7-12-5-6-16(17(22)8-12)20-10-15(11-21)19-25(20,23)24/h1-6,8,11,15,19,22H,7,9-10,18H2. The molecule has 7 nitrogen and oxygen atoms in total. The molecule has 0 aliphatic carbocycles. The lowest BCUT2D eigenvalue weighted by molar-refractivity contribution is -0.108. The van der Waals surface area contributed by atoms with Crippen molar-refractivity contribution in [2.45, 2.75) is 19.0 Å². The predicted molar refractivity (Wildman–Crippen MR) is 94.5 cm³/mol. The molecule has 1 aliphatic heterocycles. The molecule has 132 valence electrons. The number of rotatable bonds is 5. The number of phenolic OH excluding ortho intramolecular Hbond substituents is 1. The van der Waals surface area contributed by atoms with Gasteiger partial charge >= 0.3 is 10.2 Å². The molecule has 0 bridgehead atoms. The highest BCUT2D eigenvalue weighted by molar-refractivity contribution is 7.91. The zero-order valence-electron chi connectivity index (χ0n) is 13.4. The molecule has 8 heteroatoms. The molecule has 0 spiro atoms. The van der Waals surface area contributed by atoms with E-state index in [4.69, 9.17) is 5.73 Å². The average molecular weight is 361 g/mol. The second-order valence-corrected chi connectivity index (χ2v) is 7.50. The Bertz CT molecular complexity index is 899. The van der Waals surface area contributed by atoms with Crippen LogP contribution in [0.3, 0.4) is 0 Å². The van der Waals surface area contributed by atoms with E-state index in [1.165, 1.54) is 6.07 Å². The van der Waals surface area contributed by atoms with Gasteiger partial charge < -0.3 is 15.6 Å². The average Bonchev–Trinajstić information content (AvgIpc) is 2.90. The third-order valence-corrected chi connectivity index (χ3v) is 5.69. The molecule has 0 saturated carbocycles. The summed E-state index contributed by atoms with van der Waals surface area (Å²) in [6.07, 6.45) is 1.11. The summed E-state index contributed by atoms with van der Waals surface area (Å²) in [6.45, 7) is 0.375. The maximum Gasteiger partial charge on any atom is 0.302 e. The van der Waals surface area contributed by atoms with E-state index >= 15 is 0 Å². The molecule has 1 atom stereocenters. The summed E-state index contributed by atoms with van der Waals surface area (Å²) in [5.74, 6) is -0.153. The number of carbonyl (C=O) groups is 1. The Morgan fingerprint density at radius 3 is 2.56 bits per heavy atom. The van der Waals surface area contributed by atoms with Crippen molar-refractivity contribution < 1.29 is 18.3 Å². The van der Waals surface area contributed by atoms with Crippen molar-refractivity contribution in [1.82, 2.24) is 4.72 Å². The van der Waals surface area contributed by atoms with Crippen molar-refractivity contribution in [2.75, 3.05) is 10.8 Å². The number of aromatic hydroxyl groups is 1. The Balaban J connectivity index is 1.88. The highest BCUT2D eigenvalue weighted by atomic mass is 32.2. The summed E-state index contributed by atoms with van der Waals surface area (Å²) in [6, 6.07) is 11.8. The molecule has 1 unspecified atom stereocenters. The van der Waals surface area contributed by atoms with Crippen molar-refractivity contribution in [2.24, 2.45) is 5.73 Å². The van der Waals surface area contributed by atoms with E-state index in [0.29, 0.717) is 19.3 Å². The van der Waals surface area contributed by atoms with Crippen molar-refractivity contribution in [1.29, 1.82) is 0 Å². The first-order valence-corrected chi connectivity index (χ1v) is 9.22. The minimum absolute atomic E-state index is 0.0469. The molecule has 3 rings (SSSR count). The van der Waals surface area contributed by atoms with Crippen LogP contribution in [0.25, 0.3) is 0 Å². The van der Waals surface area contributed by atoms with E-state index < -0.39 is 16.3 Å². The third kappa shape index (κ3) is 3.51. The number of benzene rings is 2. The number of aldehydes is 1. The van der Waals surface area contributed by atoms with Crippen LogP contribution in [0, 0.1) is 0 Å². The molecule has 2 aromatic carbocycles. The van der Waals surface area contributed by atoms with Gasteiger partial charge in [0.05, 0.1) is 18.3 Å². The summed E-state index contributed by atoms with van der Waals surface area (Å²) < 4.78 is 27.4. The number of anilines is 1. The van der Waals surface area contributed by atoms with Gasteiger partial charge in [-0.15, -0.1) is 0 Å². The van der Waals surface area contributed by atoms with Gasteiger partial charge in [-0.3, -0.25) is 4.31 Å². The fraction of sp³-hybridized carbons (Fsp3) is 0.235. The van der Waals surface area contributed by atoms with Gasteiger partial charge in [0, 0.05) is 6.54 Å². The van der Waals surface area contributed by atoms with Gasteiger partial charge in [-0.05, 0) is 35.2 Å². The number of nitrogens with two attached hydrogens (primary N) is 1. The predicted octanol–water partition coefficient (Wildman–Crippen LogP) is 0.664. The summed E-state index contributed by atoms with van der Waals surface area (Å²) in [5.41, 5.74) is 8.79. The molecule has 25 heavy (non-hydrogen) atoms. The Morgan fingerprint density at radius 1 is 1.24 bits per heavy atom. The van der Waals surface area contributed by atoms with Crippen LogP contribution in [0.1, 0.15) is 16.7 Å². The SMILES string of the molecule is NCc1ccccc1Cc1ccc(N2CC(C=O)NS2(=O)=O)c(O)c1. The van der Waals surface area contributed by atoms with Crippen LogP contribution >= 0.6 is 0 Å². The first kappa shape index (κ1) is 17.4. The molecule has 1 aliphatic rings. The normalized spacial score (nSPS) is 19.1. The van der Waals surface area contributed by atoms with Crippen LogP contribution in [-0.2, 0) is 28.0 Å². The fourth-order valence-electron chi connectivity index (χ4n) is 2.91. The number of hydrogen-bond donors (Lipinski definition) is 3. The molecule has 1 fully saturated rings. The van der Waals surface area contributed by atoms with Gasteiger partial charge in [0.25, 0.3) is 0 Å². The smallest absolute Gasteiger partial charge is 0.302 e. The van der Waals surface area contributed by atoms with Crippen LogP contribution in [0.5, 0.6) is 5.75 Å². The number of nitrogens with one attached hydrogen (secondary N) is 1. The first-order chi connectivity index (χ1) is 11.9. The van der Waals surface area contributed by atoms with E-state index in [2.05, 4.69) is 4.72 Å². The van der Waals surface area contributed by atoms with Crippen LogP contribution in [0.15, 0.2) is 42.5 Å². The van der Waals surface area contributed by atoms with Crippen LogP contribution in [-0.4, -0.2) is 32.4 Å². The minimum atomic E-state index is -3.83. The Labute approximate surface area is 146 Å². The minimum Gasteiger partial charge on any atom is -0.506 e. The summed E-state index contributed by atoms with van der Waals surface area (Å²) in [7, 11) is -3.83. The second-order valence-electron chi connectivity index (χ2n) is 5.87. The quantitative estimate of drug-likeness (QED) is 0.677. The number of carbonyl (C=O) groups excluding carboxylic acids is 1. The third-order valence-electron chi connectivity index (χ3n) is 4.16. The van der Waals surface area contributed by atoms with E-state index in [-0.39, 0.29) is 18.0 Å². The van der Waals surface area contributed by atoms with Crippen LogP contribution in [0.4, 0.5) is 5.69 Å². The fourth-order valence-corrected chi connectivity index (χ4v) is 4.32. The van der Waals surface area contributed by atoms with Gasteiger partial charge in [0.1, 0.15) is 12.0 Å². The highest BCUT2D eigenvalue weighted by Crippen LogP contribution is 2.32. The maximum absolute atomic E-state index is 12.1. The largest absolute Gasteiger partial charge is 0.506 e. The topological polar surface area (TPSA) is 113 Å². The van der Waals surface area contributed by atoms with Gasteiger partial charge in [-0.1, -0.05) is 30.3 Å². The molecule has 1 heterocycles. The van der Waals surface area contributed by atoms with Crippen molar-refractivity contribution in [3.8, 4) is 5.75 Å². The molecule has 1 saturated heterocycles. The number of hydrogen-bond acceptors (Lipinski definition) is 5. The monoisotopic (exact) mass is 361 g/mol. The van der Waals surface area contributed by atoms with Crippen LogP contribution in [0.2, 0.25) is 0 Å². The van der Waals surface area contributed by atoms with E-state index in [0.717, 1.165) is 21.0 Å². The molecule has 2 aromatic rings. The maximum atomic E-state index is 12.1. The van der Waals surface area contributed by atoms with Gasteiger partial charge in [-0.25, -0.2) is 0 Å². The lowest BCUT2D eigenvalue weighted by Gasteiger charge is -2.18. The second kappa shape index (κ2) is 6.83. The molecule has 0 aromatic heterocycles. The number of phenols is 1. The lowest BCUT2D eigenvalue weighted by Crippen LogP contribution is -2.30. The summed E-state index contributed by atoms with van der Waals surface area (Å²) in [5, 5.41) is 10.3. The van der Waals surface area contributed by atoms with E-state index in [9.17, 15) is 18.3 Å². The summed E-state index contributed by atoms with van der Waals surface area (Å²) in [4.78, 5) is 10.8. The van der Waals surface area contributed by atoms with Crippen molar-refractivity contribution >= 4 is 22.2 Å². The Morgan fingerprint density at radius 2 is 1.96 bits per heavy atom. The molecular formula is C17H19N3O4S. The van der Waals surface area contributed by atoms with E-state index in [1.54, 1.807) is 12.1 Å². The van der Waals surface area contributed by atoms with Gasteiger partial charge in [-0.2, -0.15) is 13.1 Å². The van der Waals surface area contributed by atoms with Crippen molar-refractivity contribution in [3.63, 3.8) is 0 Å². The zero-order chi connectivity index (χ0) is 18.0. The van der Waals surface area contributed by atoms with E-state index in [1.807, 2.05) is 24.3 Å². The first-order valence-electron chi connectivity index (χ1n) is 7.78. The molecular weight excluding hydrogens is 342 g/mol. The van der Waals surface area contributed by atoms with Gasteiger partial charge in [0.15, 0.2) is 0 Å². The lowest BCUT2D eigenvalue weighted by atomic mass is 9.99. The summed E-state index contributed by atoms with van der Waals surface area (Å²) >= 11 is 0. The Hall–Kier alpha value is -2.42.